The van der Waals surface area contributed by atoms with Gasteiger partial charge in [-0.05, 0) is 19.1 Å². The van der Waals surface area contributed by atoms with Crippen LogP contribution in [0.4, 0.5) is 0 Å². The lowest BCUT2D eigenvalue weighted by molar-refractivity contribution is 0.349. The summed E-state index contributed by atoms with van der Waals surface area (Å²) in [6.45, 7) is 4.13. The van der Waals surface area contributed by atoms with Crippen molar-refractivity contribution in [2.45, 2.75) is 13.0 Å². The second kappa shape index (κ2) is 5.76. The third-order valence-electron chi connectivity index (χ3n) is 3.61. The van der Waals surface area contributed by atoms with Gasteiger partial charge in [-0.15, -0.1) is 0 Å². The van der Waals surface area contributed by atoms with Crippen LogP contribution in [-0.4, -0.2) is 38.9 Å². The largest absolute Gasteiger partial charge is 0.459 e. The normalized spacial score (nSPS) is 18.9. The lowest BCUT2D eigenvalue weighted by Gasteiger charge is -2.27. The molecule has 0 bridgehead atoms. The van der Waals surface area contributed by atoms with E-state index in [1.54, 1.807) is 6.92 Å². The quantitative estimate of drug-likeness (QED) is 0.891. The molecule has 2 heterocycles. The first-order chi connectivity index (χ1) is 10.1. The third-order valence-corrected chi connectivity index (χ3v) is 5.31. The molecule has 1 aromatic heterocycles. The predicted octanol–water partition coefficient (Wildman–Crippen LogP) is 1.23. The average Bonchev–Trinajstić information content (AvgIpc) is 2.92. The van der Waals surface area contributed by atoms with E-state index in [0.29, 0.717) is 31.9 Å². The predicted molar refractivity (Wildman–Crippen MR) is 81.1 cm³/mol. The van der Waals surface area contributed by atoms with Crippen molar-refractivity contribution in [2.75, 3.05) is 26.2 Å². The molecule has 1 saturated heterocycles. The Bertz CT molecular complexity index is 687. The molecule has 0 radical (unpaired) electrons. The highest BCUT2D eigenvalue weighted by Crippen LogP contribution is 2.24. The number of nitrogens with zero attached hydrogens (tertiary/aromatic N) is 1. The van der Waals surface area contributed by atoms with Crippen molar-refractivity contribution >= 4 is 21.2 Å². The number of rotatable bonds is 4. The van der Waals surface area contributed by atoms with Crippen LogP contribution in [0.15, 0.2) is 34.7 Å². The molecule has 1 aliphatic rings. The monoisotopic (exact) mass is 309 g/mol. The summed E-state index contributed by atoms with van der Waals surface area (Å²) < 4.78 is 34.5. The van der Waals surface area contributed by atoms with E-state index in [2.05, 4.69) is 10.0 Å². The summed E-state index contributed by atoms with van der Waals surface area (Å²) in [5, 5.41) is 4.11. The number of para-hydroxylation sites is 1. The number of benzene rings is 1. The molecule has 1 aromatic carbocycles. The van der Waals surface area contributed by atoms with Gasteiger partial charge in [0.25, 0.3) is 10.2 Å². The van der Waals surface area contributed by atoms with Gasteiger partial charge >= 0.3 is 0 Å². The van der Waals surface area contributed by atoms with Gasteiger partial charge in [0.2, 0.25) is 0 Å². The van der Waals surface area contributed by atoms with Gasteiger partial charge in [-0.2, -0.15) is 17.4 Å². The maximum absolute atomic E-state index is 12.3. The molecule has 0 amide bonds. The standard InChI is InChI=1S/C14H19N3O3S/c1-11(14-10-12-4-2-3-5-13(12)20-14)16-21(18,19)17-8-6-15-7-9-17/h2-5,10-11,15-16H,6-9H2,1H3. The molecule has 1 fully saturated rings. The van der Waals surface area contributed by atoms with Crippen molar-refractivity contribution in [3.05, 3.63) is 36.1 Å². The third kappa shape index (κ3) is 3.11. The minimum absolute atomic E-state index is 0.405. The van der Waals surface area contributed by atoms with E-state index >= 15 is 0 Å². The summed E-state index contributed by atoms with van der Waals surface area (Å²) in [5.74, 6) is 0.620. The maximum Gasteiger partial charge on any atom is 0.280 e. The first-order valence-corrected chi connectivity index (χ1v) is 8.47. The van der Waals surface area contributed by atoms with E-state index in [0.717, 1.165) is 11.0 Å². The van der Waals surface area contributed by atoms with Gasteiger partial charge in [0.15, 0.2) is 0 Å². The van der Waals surface area contributed by atoms with Gasteiger partial charge in [-0.3, -0.25) is 0 Å². The fraction of sp³-hybridized carbons (Fsp3) is 0.429. The Morgan fingerprint density at radius 3 is 2.71 bits per heavy atom. The number of furan rings is 1. The zero-order chi connectivity index (χ0) is 14.9. The fourth-order valence-electron chi connectivity index (χ4n) is 2.46. The van der Waals surface area contributed by atoms with Gasteiger partial charge < -0.3 is 9.73 Å². The number of hydrogen-bond acceptors (Lipinski definition) is 4. The maximum atomic E-state index is 12.3. The topological polar surface area (TPSA) is 74.6 Å². The zero-order valence-electron chi connectivity index (χ0n) is 11.9. The molecule has 114 valence electrons. The average molecular weight is 309 g/mol. The molecule has 6 nitrogen and oxygen atoms in total. The molecular weight excluding hydrogens is 290 g/mol. The van der Waals surface area contributed by atoms with E-state index in [-0.39, 0.29) is 0 Å². The Morgan fingerprint density at radius 2 is 2.00 bits per heavy atom. The van der Waals surface area contributed by atoms with Crippen molar-refractivity contribution in [2.24, 2.45) is 0 Å². The minimum Gasteiger partial charge on any atom is -0.459 e. The Balaban J connectivity index is 1.77. The summed E-state index contributed by atoms with van der Waals surface area (Å²) in [5.41, 5.74) is 0.765. The molecule has 0 spiro atoms. The molecule has 21 heavy (non-hydrogen) atoms. The van der Waals surface area contributed by atoms with E-state index in [1.807, 2.05) is 30.3 Å². The Morgan fingerprint density at radius 1 is 1.29 bits per heavy atom. The van der Waals surface area contributed by atoms with Crippen molar-refractivity contribution in [1.82, 2.24) is 14.3 Å². The summed E-state index contributed by atoms with van der Waals surface area (Å²) in [7, 11) is -3.48. The van der Waals surface area contributed by atoms with Gasteiger partial charge in [0.1, 0.15) is 11.3 Å². The minimum atomic E-state index is -3.48. The van der Waals surface area contributed by atoms with Crippen LogP contribution in [0.25, 0.3) is 11.0 Å². The molecule has 7 heteroatoms. The zero-order valence-corrected chi connectivity index (χ0v) is 12.7. The second-order valence-corrected chi connectivity index (χ2v) is 6.88. The molecule has 1 unspecified atom stereocenters. The van der Waals surface area contributed by atoms with Crippen LogP contribution in [0.2, 0.25) is 0 Å². The first kappa shape index (κ1) is 14.5. The van der Waals surface area contributed by atoms with Gasteiger partial charge in [-0.1, -0.05) is 18.2 Å². The van der Waals surface area contributed by atoms with Gasteiger partial charge in [0.05, 0.1) is 6.04 Å². The molecule has 2 N–H and O–H groups in total. The lowest BCUT2D eigenvalue weighted by Crippen LogP contribution is -2.50. The highest BCUT2D eigenvalue weighted by molar-refractivity contribution is 7.87. The SMILES string of the molecule is CC(NS(=O)(=O)N1CCNCC1)c1cc2ccccc2o1. The van der Waals surface area contributed by atoms with E-state index in [9.17, 15) is 8.42 Å². The summed E-state index contributed by atoms with van der Waals surface area (Å²) in [4.78, 5) is 0. The molecule has 1 atom stereocenters. The highest BCUT2D eigenvalue weighted by atomic mass is 32.2. The Kier molecular flexibility index (Phi) is 3.99. The number of nitrogens with one attached hydrogen (secondary N) is 2. The van der Waals surface area contributed by atoms with Crippen molar-refractivity contribution in [3.8, 4) is 0 Å². The van der Waals surface area contributed by atoms with Crippen LogP contribution in [0.3, 0.4) is 0 Å². The van der Waals surface area contributed by atoms with Crippen molar-refractivity contribution in [3.63, 3.8) is 0 Å². The van der Waals surface area contributed by atoms with E-state index in [1.165, 1.54) is 4.31 Å². The highest BCUT2D eigenvalue weighted by Gasteiger charge is 2.26. The molecule has 0 saturated carbocycles. The molecule has 1 aliphatic heterocycles. The van der Waals surface area contributed by atoms with E-state index < -0.39 is 16.3 Å². The van der Waals surface area contributed by atoms with Crippen LogP contribution in [0.1, 0.15) is 18.7 Å². The number of fused-ring (bicyclic) bond motifs is 1. The smallest absolute Gasteiger partial charge is 0.280 e. The Labute approximate surface area is 124 Å². The summed E-state index contributed by atoms with van der Waals surface area (Å²) in [6, 6.07) is 9.11. The van der Waals surface area contributed by atoms with Crippen LogP contribution in [-0.2, 0) is 10.2 Å². The molecule has 2 aromatic rings. The van der Waals surface area contributed by atoms with Crippen LogP contribution >= 0.6 is 0 Å². The van der Waals surface area contributed by atoms with Crippen LogP contribution in [0.5, 0.6) is 0 Å². The summed E-state index contributed by atoms with van der Waals surface area (Å²) >= 11 is 0. The van der Waals surface area contributed by atoms with Crippen LogP contribution in [0, 0.1) is 0 Å². The fourth-order valence-corrected chi connectivity index (χ4v) is 3.83. The van der Waals surface area contributed by atoms with Gasteiger partial charge in [0, 0.05) is 31.6 Å². The Hall–Kier alpha value is -1.41. The number of piperazine rings is 1. The molecule has 0 aliphatic carbocycles. The lowest BCUT2D eigenvalue weighted by atomic mass is 10.2. The van der Waals surface area contributed by atoms with Crippen LogP contribution < -0.4 is 10.0 Å². The van der Waals surface area contributed by atoms with Crippen molar-refractivity contribution in [1.29, 1.82) is 0 Å². The molecule has 3 rings (SSSR count). The second-order valence-electron chi connectivity index (χ2n) is 5.18. The van der Waals surface area contributed by atoms with Crippen molar-refractivity contribution < 1.29 is 12.8 Å². The number of hydrogen-bond donors (Lipinski definition) is 2. The molecular formula is C14H19N3O3S. The summed E-state index contributed by atoms with van der Waals surface area (Å²) in [6.07, 6.45) is 0. The van der Waals surface area contributed by atoms with Gasteiger partial charge in [-0.25, -0.2) is 0 Å². The van der Waals surface area contributed by atoms with E-state index in [4.69, 9.17) is 4.42 Å². The first-order valence-electron chi connectivity index (χ1n) is 7.03.